The summed E-state index contributed by atoms with van der Waals surface area (Å²) in [5.41, 5.74) is 1.03. The molecule has 1 atom stereocenters. The highest BCUT2D eigenvalue weighted by Gasteiger charge is 2.31. The lowest BCUT2D eigenvalue weighted by Gasteiger charge is -2.23. The predicted octanol–water partition coefficient (Wildman–Crippen LogP) is 3.60. The number of nitrogens with one attached hydrogen (secondary N) is 1. The molecular formula is C15H11BrN2O2S. The summed E-state index contributed by atoms with van der Waals surface area (Å²) in [5.74, 6) is -0.394. The van der Waals surface area contributed by atoms with Crippen LogP contribution in [-0.2, 0) is 9.59 Å². The van der Waals surface area contributed by atoms with Crippen LogP contribution < -0.4 is 5.32 Å². The fourth-order valence-electron chi connectivity index (χ4n) is 3.01. The Morgan fingerprint density at radius 2 is 2.14 bits per heavy atom. The first kappa shape index (κ1) is 13.0. The number of fused-ring (bicyclic) bond motifs is 3. The second-order valence-corrected chi connectivity index (χ2v) is 6.86. The van der Waals surface area contributed by atoms with Crippen molar-refractivity contribution in [2.24, 2.45) is 0 Å². The quantitative estimate of drug-likeness (QED) is 0.672. The van der Waals surface area contributed by atoms with Crippen LogP contribution in [0.2, 0.25) is 0 Å². The Bertz CT molecular complexity index is 896. The highest BCUT2D eigenvalue weighted by atomic mass is 79.9. The fourth-order valence-corrected chi connectivity index (χ4v) is 4.54. The molecule has 0 spiro atoms. The molecule has 1 aromatic carbocycles. The molecule has 3 heterocycles. The third-order valence-corrected chi connectivity index (χ3v) is 5.48. The van der Waals surface area contributed by atoms with Gasteiger partial charge in [0.05, 0.1) is 5.52 Å². The zero-order valence-corrected chi connectivity index (χ0v) is 13.3. The predicted molar refractivity (Wildman–Crippen MR) is 86.4 cm³/mol. The molecule has 1 aliphatic rings. The van der Waals surface area contributed by atoms with Gasteiger partial charge in [-0.1, -0.05) is 22.0 Å². The molecule has 1 aliphatic heterocycles. The normalized spacial score (nSPS) is 19.4. The number of carbonyl (C=O) groups excluding carboxylic acids is 2. The number of benzene rings is 1. The minimum absolute atomic E-state index is 0.184. The first-order valence-corrected chi connectivity index (χ1v) is 8.33. The van der Waals surface area contributed by atoms with Gasteiger partial charge in [-0.05, 0) is 30.0 Å². The molecule has 4 rings (SSSR count). The first-order valence-electron chi connectivity index (χ1n) is 6.66. The van der Waals surface area contributed by atoms with E-state index in [1.165, 1.54) is 0 Å². The van der Waals surface area contributed by atoms with Crippen LogP contribution in [-0.4, -0.2) is 16.4 Å². The summed E-state index contributed by atoms with van der Waals surface area (Å²) >= 11 is 5.22. The number of amides is 2. The van der Waals surface area contributed by atoms with E-state index in [4.69, 9.17) is 0 Å². The molecule has 1 unspecified atom stereocenters. The second-order valence-electron chi connectivity index (χ2n) is 5.11. The van der Waals surface area contributed by atoms with Crippen LogP contribution >= 0.6 is 27.3 Å². The Morgan fingerprint density at radius 3 is 2.95 bits per heavy atom. The lowest BCUT2D eigenvalue weighted by atomic mass is 10.1. The Balaban J connectivity index is 2.02. The molecule has 4 nitrogen and oxygen atoms in total. The van der Waals surface area contributed by atoms with Crippen molar-refractivity contribution in [1.29, 1.82) is 0 Å². The minimum Gasteiger partial charge on any atom is -0.320 e. The second kappa shape index (κ2) is 4.68. The number of imide groups is 1. The summed E-state index contributed by atoms with van der Waals surface area (Å²) in [6, 6.07) is 7.76. The third kappa shape index (κ3) is 1.86. The third-order valence-electron chi connectivity index (χ3n) is 3.91. The number of halogens is 1. The van der Waals surface area contributed by atoms with E-state index >= 15 is 0 Å². The number of aromatic nitrogens is 1. The Hall–Kier alpha value is -1.66. The maximum absolute atomic E-state index is 12.2. The number of rotatable bonds is 1. The van der Waals surface area contributed by atoms with E-state index in [1.807, 2.05) is 23.6 Å². The van der Waals surface area contributed by atoms with Crippen molar-refractivity contribution >= 4 is 60.2 Å². The summed E-state index contributed by atoms with van der Waals surface area (Å²) in [7, 11) is 0. The van der Waals surface area contributed by atoms with Crippen molar-refractivity contribution in [3.8, 4) is 0 Å². The molecule has 1 N–H and O–H groups in total. The van der Waals surface area contributed by atoms with E-state index in [9.17, 15) is 9.59 Å². The van der Waals surface area contributed by atoms with E-state index in [1.54, 1.807) is 11.3 Å². The van der Waals surface area contributed by atoms with Crippen molar-refractivity contribution in [3.05, 3.63) is 34.1 Å². The van der Waals surface area contributed by atoms with Crippen LogP contribution in [0.25, 0.3) is 21.1 Å². The number of thiophene rings is 1. The van der Waals surface area contributed by atoms with Crippen molar-refractivity contribution in [3.63, 3.8) is 0 Å². The molecule has 3 aromatic rings. The molecule has 0 aliphatic carbocycles. The Labute approximate surface area is 132 Å². The van der Waals surface area contributed by atoms with Crippen LogP contribution in [0.1, 0.15) is 18.9 Å². The van der Waals surface area contributed by atoms with Gasteiger partial charge in [0.1, 0.15) is 10.9 Å². The van der Waals surface area contributed by atoms with Gasteiger partial charge in [0.2, 0.25) is 11.8 Å². The SMILES string of the molecule is O=C1CCC(n2c3cccc(Br)c3c3ccsc32)C(=O)N1. The van der Waals surface area contributed by atoms with Crippen molar-refractivity contribution in [1.82, 2.24) is 9.88 Å². The van der Waals surface area contributed by atoms with Gasteiger partial charge < -0.3 is 4.57 Å². The van der Waals surface area contributed by atoms with Gasteiger partial charge in [0.25, 0.3) is 0 Å². The van der Waals surface area contributed by atoms with Gasteiger partial charge >= 0.3 is 0 Å². The maximum Gasteiger partial charge on any atom is 0.249 e. The molecule has 106 valence electrons. The molecular weight excluding hydrogens is 352 g/mol. The van der Waals surface area contributed by atoms with Gasteiger partial charge in [-0.2, -0.15) is 0 Å². The molecule has 2 amide bonds. The molecule has 21 heavy (non-hydrogen) atoms. The van der Waals surface area contributed by atoms with Crippen LogP contribution in [0.15, 0.2) is 34.1 Å². The molecule has 6 heteroatoms. The average molecular weight is 363 g/mol. The molecule has 0 bridgehead atoms. The monoisotopic (exact) mass is 362 g/mol. The van der Waals surface area contributed by atoms with E-state index in [0.29, 0.717) is 12.8 Å². The number of hydrogen-bond acceptors (Lipinski definition) is 3. The summed E-state index contributed by atoms with van der Waals surface area (Å²) in [6.07, 6.45) is 0.935. The van der Waals surface area contributed by atoms with Gasteiger partial charge in [-0.3, -0.25) is 14.9 Å². The molecule has 2 aromatic heterocycles. The number of piperidine rings is 1. The maximum atomic E-state index is 12.2. The van der Waals surface area contributed by atoms with E-state index < -0.39 is 0 Å². The van der Waals surface area contributed by atoms with E-state index in [-0.39, 0.29) is 17.9 Å². The summed E-state index contributed by atoms with van der Waals surface area (Å²) in [6.45, 7) is 0. The smallest absolute Gasteiger partial charge is 0.249 e. The van der Waals surface area contributed by atoms with E-state index in [0.717, 1.165) is 25.6 Å². The number of hydrogen-bond donors (Lipinski definition) is 1. The minimum atomic E-state index is -0.323. The molecule has 0 radical (unpaired) electrons. The topological polar surface area (TPSA) is 51.1 Å². The zero-order chi connectivity index (χ0) is 14.6. The lowest BCUT2D eigenvalue weighted by Crippen LogP contribution is -2.41. The van der Waals surface area contributed by atoms with Gasteiger partial charge in [-0.25, -0.2) is 0 Å². The lowest BCUT2D eigenvalue weighted by molar-refractivity contribution is -0.135. The van der Waals surface area contributed by atoms with Crippen LogP contribution in [0.4, 0.5) is 0 Å². The fraction of sp³-hybridized carbons (Fsp3) is 0.200. The summed E-state index contributed by atoms with van der Waals surface area (Å²) in [4.78, 5) is 24.7. The van der Waals surface area contributed by atoms with E-state index in [2.05, 4.69) is 31.9 Å². The summed E-state index contributed by atoms with van der Waals surface area (Å²) in [5, 5.41) is 6.75. The number of nitrogens with zero attached hydrogens (tertiary/aromatic N) is 1. The first-order chi connectivity index (χ1) is 10.2. The van der Waals surface area contributed by atoms with Gasteiger partial charge in [0, 0.05) is 21.7 Å². The van der Waals surface area contributed by atoms with Crippen molar-refractivity contribution in [2.75, 3.05) is 0 Å². The van der Waals surface area contributed by atoms with Crippen LogP contribution in [0.3, 0.4) is 0 Å². The van der Waals surface area contributed by atoms with Crippen LogP contribution in [0, 0.1) is 0 Å². The Morgan fingerprint density at radius 1 is 1.29 bits per heavy atom. The van der Waals surface area contributed by atoms with Gasteiger partial charge in [0.15, 0.2) is 0 Å². The largest absolute Gasteiger partial charge is 0.320 e. The van der Waals surface area contributed by atoms with Gasteiger partial charge in [-0.15, -0.1) is 11.3 Å². The molecule has 1 saturated heterocycles. The average Bonchev–Trinajstić information content (AvgIpc) is 3.00. The zero-order valence-electron chi connectivity index (χ0n) is 10.9. The van der Waals surface area contributed by atoms with Crippen LogP contribution in [0.5, 0.6) is 0 Å². The van der Waals surface area contributed by atoms with Crippen molar-refractivity contribution in [2.45, 2.75) is 18.9 Å². The van der Waals surface area contributed by atoms with Crippen molar-refractivity contribution < 1.29 is 9.59 Å². The molecule has 1 fully saturated rings. The Kier molecular flexibility index (Phi) is 2.90. The summed E-state index contributed by atoms with van der Waals surface area (Å²) < 4.78 is 3.09. The number of carbonyl (C=O) groups is 2. The highest BCUT2D eigenvalue weighted by Crippen LogP contribution is 2.40. The molecule has 0 saturated carbocycles. The standard InChI is InChI=1S/C15H11BrN2O2S/c16-9-2-1-3-10-13(9)8-6-7-21-15(8)18(10)11-4-5-12(19)17-14(11)20/h1-3,6-7,11H,4-5H2,(H,17,19,20). The highest BCUT2D eigenvalue weighted by molar-refractivity contribution is 9.10.